The lowest BCUT2D eigenvalue weighted by atomic mass is 10.0. The van der Waals surface area contributed by atoms with Crippen LogP contribution in [-0.2, 0) is 11.3 Å². The van der Waals surface area contributed by atoms with Crippen LogP contribution in [0.4, 0.5) is 0 Å². The Morgan fingerprint density at radius 1 is 1.22 bits per heavy atom. The summed E-state index contributed by atoms with van der Waals surface area (Å²) >= 11 is 6.02. The van der Waals surface area contributed by atoms with Gasteiger partial charge >= 0.3 is 0 Å². The zero-order valence-corrected chi connectivity index (χ0v) is 11.5. The van der Waals surface area contributed by atoms with Crippen LogP contribution in [0.3, 0.4) is 0 Å². The van der Waals surface area contributed by atoms with Gasteiger partial charge in [0.15, 0.2) is 5.82 Å². The van der Waals surface area contributed by atoms with Gasteiger partial charge in [-0.25, -0.2) is 9.97 Å². The van der Waals surface area contributed by atoms with Crippen molar-refractivity contribution < 1.29 is 4.74 Å². The molecule has 1 aromatic carbocycles. The summed E-state index contributed by atoms with van der Waals surface area (Å²) in [5, 5.41) is 0.438. The van der Waals surface area contributed by atoms with Crippen LogP contribution < -0.4 is 0 Å². The average Bonchev–Trinajstić information content (AvgIpc) is 2.32. The average molecular weight is 263 g/mol. The molecule has 0 saturated heterocycles. The van der Waals surface area contributed by atoms with E-state index in [9.17, 15) is 0 Å². The van der Waals surface area contributed by atoms with Crippen LogP contribution >= 0.6 is 11.6 Å². The molecule has 0 N–H and O–H groups in total. The van der Waals surface area contributed by atoms with Crippen molar-refractivity contribution in [2.75, 3.05) is 7.11 Å². The second-order valence-corrected chi connectivity index (χ2v) is 4.56. The van der Waals surface area contributed by atoms with Crippen LogP contribution in [0.1, 0.15) is 17.0 Å². The molecule has 0 aliphatic heterocycles. The summed E-state index contributed by atoms with van der Waals surface area (Å²) in [6.45, 7) is 4.52. The maximum absolute atomic E-state index is 6.02. The fourth-order valence-corrected chi connectivity index (χ4v) is 2.03. The molecule has 4 heteroatoms. The Morgan fingerprint density at radius 2 is 2.00 bits per heavy atom. The second kappa shape index (κ2) is 5.46. The SMILES string of the molecule is COCc1nc(Cl)cc(-c2cccc(C)c2C)n1. The van der Waals surface area contributed by atoms with Crippen LogP contribution in [0.25, 0.3) is 11.3 Å². The Morgan fingerprint density at radius 3 is 2.72 bits per heavy atom. The zero-order chi connectivity index (χ0) is 13.1. The number of methoxy groups -OCH3 is 1. The molecule has 0 bridgehead atoms. The molecule has 0 atom stereocenters. The number of ether oxygens (including phenoxy) is 1. The molecule has 1 heterocycles. The molecule has 0 aliphatic rings. The van der Waals surface area contributed by atoms with E-state index in [0.717, 1.165) is 11.3 Å². The summed E-state index contributed by atoms with van der Waals surface area (Å²) < 4.78 is 5.04. The lowest BCUT2D eigenvalue weighted by Gasteiger charge is -2.09. The number of rotatable bonds is 3. The van der Waals surface area contributed by atoms with Crippen LogP contribution in [0, 0.1) is 13.8 Å². The minimum atomic E-state index is 0.360. The Hall–Kier alpha value is -1.45. The lowest BCUT2D eigenvalue weighted by molar-refractivity contribution is 0.178. The van der Waals surface area contributed by atoms with Crippen molar-refractivity contribution in [3.05, 3.63) is 46.4 Å². The number of aryl methyl sites for hydroxylation is 1. The maximum atomic E-state index is 6.02. The van der Waals surface area contributed by atoms with E-state index in [2.05, 4.69) is 29.9 Å². The van der Waals surface area contributed by atoms with E-state index in [1.54, 1.807) is 13.2 Å². The standard InChI is InChI=1S/C14H15ClN2O/c1-9-5-4-6-11(10(9)2)12-7-13(15)17-14(16-12)8-18-3/h4-7H,8H2,1-3H3. The van der Waals surface area contributed by atoms with Gasteiger partial charge in [0.05, 0.1) is 5.69 Å². The molecule has 94 valence electrons. The van der Waals surface area contributed by atoms with E-state index in [-0.39, 0.29) is 0 Å². The highest BCUT2D eigenvalue weighted by molar-refractivity contribution is 6.29. The summed E-state index contributed by atoms with van der Waals surface area (Å²) in [6, 6.07) is 7.92. The van der Waals surface area contributed by atoms with Crippen molar-refractivity contribution >= 4 is 11.6 Å². The maximum Gasteiger partial charge on any atom is 0.156 e. The summed E-state index contributed by atoms with van der Waals surface area (Å²) in [5.41, 5.74) is 4.35. The highest BCUT2D eigenvalue weighted by Gasteiger charge is 2.08. The van der Waals surface area contributed by atoms with Gasteiger partial charge in [-0.2, -0.15) is 0 Å². The Balaban J connectivity index is 2.53. The monoisotopic (exact) mass is 262 g/mol. The van der Waals surface area contributed by atoms with Crippen LogP contribution in [0.2, 0.25) is 5.15 Å². The van der Waals surface area contributed by atoms with Crippen LogP contribution in [-0.4, -0.2) is 17.1 Å². The van der Waals surface area contributed by atoms with E-state index in [1.165, 1.54) is 11.1 Å². The topological polar surface area (TPSA) is 35.0 Å². The van der Waals surface area contributed by atoms with Gasteiger partial charge < -0.3 is 4.74 Å². The van der Waals surface area contributed by atoms with Gasteiger partial charge in [0.25, 0.3) is 0 Å². The first-order valence-electron chi connectivity index (χ1n) is 5.71. The van der Waals surface area contributed by atoms with Crippen LogP contribution in [0.5, 0.6) is 0 Å². The van der Waals surface area contributed by atoms with Crippen LogP contribution in [0.15, 0.2) is 24.3 Å². The molecule has 0 radical (unpaired) electrons. The summed E-state index contributed by atoms with van der Waals surface area (Å²) in [7, 11) is 1.61. The summed E-state index contributed by atoms with van der Waals surface area (Å²) in [6.07, 6.45) is 0. The van der Waals surface area contributed by atoms with E-state index in [0.29, 0.717) is 17.6 Å². The number of hydrogen-bond acceptors (Lipinski definition) is 3. The second-order valence-electron chi connectivity index (χ2n) is 4.17. The van der Waals surface area contributed by atoms with Gasteiger partial charge in [-0.05, 0) is 25.0 Å². The summed E-state index contributed by atoms with van der Waals surface area (Å²) in [4.78, 5) is 8.61. The lowest BCUT2D eigenvalue weighted by Crippen LogP contribution is -2.00. The molecule has 18 heavy (non-hydrogen) atoms. The first kappa shape index (κ1) is 13.0. The van der Waals surface area contributed by atoms with E-state index in [4.69, 9.17) is 16.3 Å². The molecular formula is C14H15ClN2O. The van der Waals surface area contributed by atoms with E-state index >= 15 is 0 Å². The number of nitrogens with zero attached hydrogens (tertiary/aromatic N) is 2. The number of hydrogen-bond donors (Lipinski definition) is 0. The van der Waals surface area contributed by atoms with E-state index < -0.39 is 0 Å². The first-order valence-corrected chi connectivity index (χ1v) is 6.08. The fourth-order valence-electron chi connectivity index (χ4n) is 1.82. The molecule has 2 rings (SSSR count). The van der Waals surface area contributed by atoms with E-state index in [1.807, 2.05) is 12.1 Å². The molecular weight excluding hydrogens is 248 g/mol. The van der Waals surface area contributed by atoms with Crippen molar-refractivity contribution in [2.45, 2.75) is 20.5 Å². The Kier molecular flexibility index (Phi) is 3.94. The number of halogens is 1. The van der Waals surface area contributed by atoms with Gasteiger partial charge in [0, 0.05) is 18.7 Å². The molecule has 1 aromatic heterocycles. The zero-order valence-electron chi connectivity index (χ0n) is 10.7. The highest BCUT2D eigenvalue weighted by Crippen LogP contribution is 2.25. The smallest absolute Gasteiger partial charge is 0.156 e. The number of benzene rings is 1. The Bertz CT molecular complexity index is 570. The molecule has 3 nitrogen and oxygen atoms in total. The van der Waals surface area contributed by atoms with Gasteiger partial charge in [0.1, 0.15) is 11.8 Å². The predicted octanol–water partition coefficient (Wildman–Crippen LogP) is 3.56. The van der Waals surface area contributed by atoms with Gasteiger partial charge in [-0.3, -0.25) is 0 Å². The molecule has 0 aliphatic carbocycles. The molecule has 0 amide bonds. The third kappa shape index (κ3) is 2.68. The minimum absolute atomic E-state index is 0.360. The normalized spacial score (nSPS) is 10.7. The third-order valence-electron chi connectivity index (χ3n) is 2.90. The predicted molar refractivity (Wildman–Crippen MR) is 72.7 cm³/mol. The van der Waals surface area contributed by atoms with Gasteiger partial charge in [-0.15, -0.1) is 0 Å². The van der Waals surface area contributed by atoms with Crippen molar-refractivity contribution in [2.24, 2.45) is 0 Å². The molecule has 0 spiro atoms. The molecule has 0 fully saturated rings. The number of aromatic nitrogens is 2. The van der Waals surface area contributed by atoms with Crippen molar-refractivity contribution in [1.29, 1.82) is 0 Å². The van der Waals surface area contributed by atoms with Crippen molar-refractivity contribution in [3.8, 4) is 11.3 Å². The quantitative estimate of drug-likeness (QED) is 0.794. The Labute approximate surface area is 112 Å². The fraction of sp³-hybridized carbons (Fsp3) is 0.286. The summed E-state index contributed by atoms with van der Waals surface area (Å²) in [5.74, 6) is 0.598. The third-order valence-corrected chi connectivity index (χ3v) is 3.09. The largest absolute Gasteiger partial charge is 0.377 e. The minimum Gasteiger partial charge on any atom is -0.377 e. The first-order chi connectivity index (χ1) is 8.61. The molecule has 0 unspecified atom stereocenters. The van der Waals surface area contributed by atoms with Gasteiger partial charge in [-0.1, -0.05) is 29.8 Å². The molecule has 2 aromatic rings. The van der Waals surface area contributed by atoms with Gasteiger partial charge in [0.2, 0.25) is 0 Å². The van der Waals surface area contributed by atoms with Crippen molar-refractivity contribution in [1.82, 2.24) is 9.97 Å². The van der Waals surface area contributed by atoms with Crippen molar-refractivity contribution in [3.63, 3.8) is 0 Å². The highest BCUT2D eigenvalue weighted by atomic mass is 35.5. The molecule has 0 saturated carbocycles.